The van der Waals surface area contributed by atoms with E-state index in [1.165, 1.54) is 5.01 Å². The van der Waals surface area contributed by atoms with E-state index >= 15 is 0 Å². The fraction of sp³-hybridized carbons (Fsp3) is 0.417. The van der Waals surface area contributed by atoms with Gasteiger partial charge in [0.25, 0.3) is 0 Å². The summed E-state index contributed by atoms with van der Waals surface area (Å²) in [6, 6.07) is 7.10. The SMILES string of the molecule is CCCCOc1cccc(N(N)CC(=O)O)c1. The van der Waals surface area contributed by atoms with Crippen molar-refractivity contribution in [3.8, 4) is 5.75 Å². The maximum Gasteiger partial charge on any atom is 0.324 e. The minimum atomic E-state index is -0.968. The zero-order chi connectivity index (χ0) is 12.7. The summed E-state index contributed by atoms with van der Waals surface area (Å²) in [6.07, 6.45) is 2.06. The molecular formula is C12H18N2O3. The molecule has 0 aromatic heterocycles. The van der Waals surface area contributed by atoms with Crippen molar-refractivity contribution in [1.29, 1.82) is 0 Å². The van der Waals surface area contributed by atoms with Crippen LogP contribution in [0.1, 0.15) is 19.8 Å². The molecule has 0 spiro atoms. The Bertz CT molecular complexity index is 369. The van der Waals surface area contributed by atoms with Crippen LogP contribution in [0.3, 0.4) is 0 Å². The van der Waals surface area contributed by atoms with E-state index in [9.17, 15) is 4.79 Å². The molecule has 0 fully saturated rings. The minimum absolute atomic E-state index is 0.238. The summed E-state index contributed by atoms with van der Waals surface area (Å²) in [5.41, 5.74) is 0.626. The van der Waals surface area contributed by atoms with Gasteiger partial charge in [0, 0.05) is 6.07 Å². The summed E-state index contributed by atoms with van der Waals surface area (Å²) in [5, 5.41) is 9.81. The van der Waals surface area contributed by atoms with Crippen molar-refractivity contribution in [2.75, 3.05) is 18.2 Å². The van der Waals surface area contributed by atoms with E-state index in [2.05, 4.69) is 6.92 Å². The average molecular weight is 238 g/mol. The standard InChI is InChI=1S/C12H18N2O3/c1-2-3-7-17-11-6-4-5-10(8-11)14(13)9-12(15)16/h4-6,8H,2-3,7,9,13H2,1H3,(H,15,16). The van der Waals surface area contributed by atoms with Crippen molar-refractivity contribution in [2.24, 2.45) is 5.84 Å². The molecule has 0 unspecified atom stereocenters. The molecule has 1 aromatic carbocycles. The summed E-state index contributed by atoms with van der Waals surface area (Å²) in [4.78, 5) is 10.5. The second-order valence-corrected chi connectivity index (χ2v) is 3.72. The van der Waals surface area contributed by atoms with E-state index in [0.29, 0.717) is 18.0 Å². The smallest absolute Gasteiger partial charge is 0.324 e. The predicted molar refractivity (Wildman–Crippen MR) is 66.0 cm³/mol. The Morgan fingerprint density at radius 1 is 1.53 bits per heavy atom. The van der Waals surface area contributed by atoms with E-state index in [0.717, 1.165) is 12.8 Å². The van der Waals surface area contributed by atoms with Crippen LogP contribution >= 0.6 is 0 Å². The third-order valence-electron chi connectivity index (χ3n) is 2.22. The molecule has 0 atom stereocenters. The van der Waals surface area contributed by atoms with Gasteiger partial charge >= 0.3 is 5.97 Å². The number of nitrogens with zero attached hydrogens (tertiary/aromatic N) is 1. The van der Waals surface area contributed by atoms with Crippen molar-refractivity contribution in [3.05, 3.63) is 24.3 Å². The Morgan fingerprint density at radius 2 is 2.29 bits per heavy atom. The molecule has 0 aliphatic heterocycles. The Morgan fingerprint density at radius 3 is 2.94 bits per heavy atom. The summed E-state index contributed by atoms with van der Waals surface area (Å²) in [7, 11) is 0. The van der Waals surface area contributed by atoms with Crippen LogP contribution in [0.2, 0.25) is 0 Å². The molecule has 0 aliphatic carbocycles. The van der Waals surface area contributed by atoms with E-state index in [1.54, 1.807) is 18.2 Å². The Balaban J connectivity index is 2.61. The second-order valence-electron chi connectivity index (χ2n) is 3.72. The van der Waals surface area contributed by atoms with Gasteiger partial charge < -0.3 is 9.84 Å². The molecule has 0 bridgehead atoms. The van der Waals surface area contributed by atoms with E-state index in [4.69, 9.17) is 15.7 Å². The normalized spacial score (nSPS) is 10.0. The summed E-state index contributed by atoms with van der Waals surface area (Å²) >= 11 is 0. The molecule has 3 N–H and O–H groups in total. The van der Waals surface area contributed by atoms with Crippen molar-refractivity contribution in [1.82, 2.24) is 0 Å². The number of ether oxygens (including phenoxy) is 1. The molecule has 94 valence electrons. The lowest BCUT2D eigenvalue weighted by Crippen LogP contribution is -2.35. The number of carboxylic acid groups (broad SMARTS) is 1. The molecule has 0 aliphatic rings. The Kier molecular flexibility index (Phi) is 5.29. The lowest BCUT2D eigenvalue weighted by Gasteiger charge is -2.17. The number of rotatable bonds is 7. The molecule has 1 aromatic rings. The number of hydrogen-bond acceptors (Lipinski definition) is 4. The second kappa shape index (κ2) is 6.75. The van der Waals surface area contributed by atoms with Crippen molar-refractivity contribution in [2.45, 2.75) is 19.8 Å². The highest BCUT2D eigenvalue weighted by Crippen LogP contribution is 2.19. The van der Waals surface area contributed by atoms with Gasteiger partial charge in [-0.2, -0.15) is 0 Å². The first-order valence-corrected chi connectivity index (χ1v) is 5.60. The van der Waals surface area contributed by atoms with Crippen LogP contribution in [0.5, 0.6) is 5.75 Å². The fourth-order valence-electron chi connectivity index (χ4n) is 1.32. The molecule has 17 heavy (non-hydrogen) atoms. The van der Waals surface area contributed by atoms with Gasteiger partial charge in [-0.15, -0.1) is 0 Å². The molecule has 0 saturated carbocycles. The van der Waals surface area contributed by atoms with Crippen LogP contribution in [0.25, 0.3) is 0 Å². The number of unbranched alkanes of at least 4 members (excludes halogenated alkanes) is 1. The van der Waals surface area contributed by atoms with Crippen LogP contribution < -0.4 is 15.6 Å². The molecule has 5 heteroatoms. The highest BCUT2D eigenvalue weighted by atomic mass is 16.5. The molecule has 1 rings (SSSR count). The van der Waals surface area contributed by atoms with Gasteiger partial charge in [0.1, 0.15) is 12.3 Å². The first-order chi connectivity index (χ1) is 8.13. The third kappa shape index (κ3) is 4.74. The number of hydrazine groups is 1. The highest BCUT2D eigenvalue weighted by molar-refractivity contribution is 5.73. The zero-order valence-corrected chi connectivity index (χ0v) is 9.93. The van der Waals surface area contributed by atoms with Gasteiger partial charge in [-0.3, -0.25) is 9.80 Å². The maximum absolute atomic E-state index is 10.5. The van der Waals surface area contributed by atoms with Crippen LogP contribution in [0.4, 0.5) is 5.69 Å². The summed E-state index contributed by atoms with van der Waals surface area (Å²) < 4.78 is 5.51. The van der Waals surface area contributed by atoms with E-state index in [-0.39, 0.29) is 6.54 Å². The van der Waals surface area contributed by atoms with Crippen molar-refractivity contribution in [3.63, 3.8) is 0 Å². The molecular weight excluding hydrogens is 220 g/mol. The summed E-state index contributed by atoms with van der Waals surface area (Å²) in [5.74, 6) is 5.35. The fourth-order valence-corrected chi connectivity index (χ4v) is 1.32. The zero-order valence-electron chi connectivity index (χ0n) is 9.93. The van der Waals surface area contributed by atoms with Gasteiger partial charge in [0.15, 0.2) is 0 Å². The predicted octanol–water partition coefficient (Wildman–Crippen LogP) is 1.63. The van der Waals surface area contributed by atoms with Crippen LogP contribution in [0.15, 0.2) is 24.3 Å². The molecule has 0 amide bonds. The average Bonchev–Trinajstić information content (AvgIpc) is 2.29. The lowest BCUT2D eigenvalue weighted by atomic mass is 10.3. The summed E-state index contributed by atoms with van der Waals surface area (Å²) in [6.45, 7) is 2.51. The quantitative estimate of drug-likeness (QED) is 0.429. The number of anilines is 1. The maximum atomic E-state index is 10.5. The topological polar surface area (TPSA) is 75.8 Å². The van der Waals surface area contributed by atoms with Gasteiger partial charge in [-0.05, 0) is 18.6 Å². The van der Waals surface area contributed by atoms with Crippen LogP contribution in [-0.4, -0.2) is 24.2 Å². The van der Waals surface area contributed by atoms with Gasteiger partial charge in [0.05, 0.1) is 12.3 Å². The number of carboxylic acids is 1. The third-order valence-corrected chi connectivity index (χ3v) is 2.22. The van der Waals surface area contributed by atoms with Crippen molar-refractivity contribution >= 4 is 11.7 Å². The molecule has 5 nitrogen and oxygen atoms in total. The number of carbonyl (C=O) groups is 1. The molecule has 0 heterocycles. The van der Waals surface area contributed by atoms with Crippen molar-refractivity contribution < 1.29 is 14.6 Å². The first-order valence-electron chi connectivity index (χ1n) is 5.60. The monoisotopic (exact) mass is 238 g/mol. The van der Waals surface area contributed by atoms with Crippen LogP contribution in [0, 0.1) is 0 Å². The van der Waals surface area contributed by atoms with Gasteiger partial charge in [0.2, 0.25) is 0 Å². The Hall–Kier alpha value is -1.75. The number of aliphatic carboxylic acids is 1. The number of nitrogens with two attached hydrogens (primary N) is 1. The van der Waals surface area contributed by atoms with E-state index in [1.807, 2.05) is 6.07 Å². The Labute approximate surface area is 101 Å². The minimum Gasteiger partial charge on any atom is -0.494 e. The first kappa shape index (κ1) is 13.3. The molecule has 0 saturated heterocycles. The van der Waals surface area contributed by atoms with Gasteiger partial charge in [-0.25, -0.2) is 5.84 Å². The number of benzene rings is 1. The number of hydrogen-bond donors (Lipinski definition) is 2. The largest absolute Gasteiger partial charge is 0.494 e. The van der Waals surface area contributed by atoms with Gasteiger partial charge in [-0.1, -0.05) is 19.4 Å². The lowest BCUT2D eigenvalue weighted by molar-refractivity contribution is -0.135. The van der Waals surface area contributed by atoms with Crippen LogP contribution in [-0.2, 0) is 4.79 Å². The highest BCUT2D eigenvalue weighted by Gasteiger charge is 2.07. The van der Waals surface area contributed by atoms with E-state index < -0.39 is 5.97 Å². The molecule has 0 radical (unpaired) electrons.